The molecule has 0 aromatic heterocycles. The average Bonchev–Trinajstić information content (AvgIpc) is 2.79. The van der Waals surface area contributed by atoms with Crippen molar-refractivity contribution in [1.82, 2.24) is 10.6 Å². The molecule has 2 aliphatic rings. The minimum absolute atomic E-state index is 0.0192. The van der Waals surface area contributed by atoms with Crippen LogP contribution in [0, 0.1) is 5.41 Å². The van der Waals surface area contributed by atoms with Crippen LogP contribution < -0.4 is 10.6 Å². The SMILES string of the molecule is O=C(CC1CCCN1)NCC1(C(=O)O)CCCCCC1. The van der Waals surface area contributed by atoms with Gasteiger partial charge in [0.2, 0.25) is 5.91 Å². The van der Waals surface area contributed by atoms with Crippen LogP contribution in [0.4, 0.5) is 0 Å². The molecule has 1 amide bonds. The van der Waals surface area contributed by atoms with Gasteiger partial charge in [-0.25, -0.2) is 0 Å². The van der Waals surface area contributed by atoms with Crippen molar-refractivity contribution < 1.29 is 14.7 Å². The quantitative estimate of drug-likeness (QED) is 0.670. The van der Waals surface area contributed by atoms with Gasteiger partial charge in [0.1, 0.15) is 0 Å². The van der Waals surface area contributed by atoms with Gasteiger partial charge in [-0.05, 0) is 32.2 Å². The summed E-state index contributed by atoms with van der Waals surface area (Å²) in [5.41, 5.74) is -0.741. The summed E-state index contributed by atoms with van der Waals surface area (Å²) < 4.78 is 0. The van der Waals surface area contributed by atoms with E-state index in [0.29, 0.717) is 19.3 Å². The zero-order valence-corrected chi connectivity index (χ0v) is 12.1. The molecule has 5 heteroatoms. The van der Waals surface area contributed by atoms with Crippen LogP contribution in [0.1, 0.15) is 57.8 Å². The van der Waals surface area contributed by atoms with Crippen molar-refractivity contribution in [2.24, 2.45) is 5.41 Å². The summed E-state index contributed by atoms with van der Waals surface area (Å²) >= 11 is 0. The Morgan fingerprint density at radius 3 is 2.40 bits per heavy atom. The molecule has 5 nitrogen and oxygen atoms in total. The highest BCUT2D eigenvalue weighted by atomic mass is 16.4. The lowest BCUT2D eigenvalue weighted by molar-refractivity contribution is -0.149. The molecule has 20 heavy (non-hydrogen) atoms. The van der Waals surface area contributed by atoms with Crippen LogP contribution >= 0.6 is 0 Å². The fourth-order valence-electron chi connectivity index (χ4n) is 3.37. The molecule has 1 saturated heterocycles. The van der Waals surface area contributed by atoms with Gasteiger partial charge in [-0.3, -0.25) is 9.59 Å². The summed E-state index contributed by atoms with van der Waals surface area (Å²) in [6.45, 7) is 1.27. The van der Waals surface area contributed by atoms with Crippen molar-refractivity contribution in [3.63, 3.8) is 0 Å². The second kappa shape index (κ2) is 7.07. The Bertz CT molecular complexity index is 343. The number of hydrogen-bond donors (Lipinski definition) is 3. The maximum absolute atomic E-state index is 11.9. The van der Waals surface area contributed by atoms with Crippen LogP contribution in [0.5, 0.6) is 0 Å². The van der Waals surface area contributed by atoms with E-state index in [1.165, 1.54) is 0 Å². The second-order valence-electron chi connectivity index (χ2n) is 6.27. The Balaban J connectivity index is 1.84. The molecule has 0 aromatic carbocycles. The lowest BCUT2D eigenvalue weighted by Crippen LogP contribution is -2.44. The summed E-state index contributed by atoms with van der Waals surface area (Å²) in [6.07, 6.45) is 8.11. The predicted molar refractivity (Wildman–Crippen MR) is 76.4 cm³/mol. The fourth-order valence-corrected chi connectivity index (χ4v) is 3.37. The topological polar surface area (TPSA) is 78.4 Å². The van der Waals surface area contributed by atoms with Crippen molar-refractivity contribution in [1.29, 1.82) is 0 Å². The number of hydrogen-bond acceptors (Lipinski definition) is 3. The summed E-state index contributed by atoms with van der Waals surface area (Å²) in [7, 11) is 0. The molecule has 1 saturated carbocycles. The van der Waals surface area contributed by atoms with E-state index in [2.05, 4.69) is 10.6 Å². The summed E-state index contributed by atoms with van der Waals surface area (Å²) in [5, 5.41) is 15.7. The molecule has 1 heterocycles. The number of carboxylic acid groups (broad SMARTS) is 1. The first-order valence-corrected chi connectivity index (χ1v) is 7.86. The standard InChI is InChI=1S/C15H26N2O3/c18-13(10-12-6-5-9-16-12)17-11-15(14(19)20)7-3-1-2-4-8-15/h12,16H,1-11H2,(H,17,18)(H,19,20). The van der Waals surface area contributed by atoms with Gasteiger partial charge in [0.15, 0.2) is 0 Å². The first-order chi connectivity index (χ1) is 9.62. The first-order valence-electron chi connectivity index (χ1n) is 7.86. The monoisotopic (exact) mass is 282 g/mol. The van der Waals surface area contributed by atoms with Gasteiger partial charge < -0.3 is 15.7 Å². The van der Waals surface area contributed by atoms with Crippen molar-refractivity contribution in [2.75, 3.05) is 13.1 Å². The Morgan fingerprint density at radius 1 is 1.15 bits per heavy atom. The molecular weight excluding hydrogens is 256 g/mol. The van der Waals surface area contributed by atoms with Gasteiger partial charge in [-0.2, -0.15) is 0 Å². The van der Waals surface area contributed by atoms with E-state index in [-0.39, 0.29) is 18.5 Å². The van der Waals surface area contributed by atoms with Gasteiger partial charge in [0, 0.05) is 19.0 Å². The third-order valence-electron chi connectivity index (χ3n) is 4.73. The zero-order valence-electron chi connectivity index (χ0n) is 12.1. The third-order valence-corrected chi connectivity index (χ3v) is 4.73. The molecule has 0 aromatic rings. The van der Waals surface area contributed by atoms with Crippen molar-refractivity contribution in [2.45, 2.75) is 63.8 Å². The molecule has 1 unspecified atom stereocenters. The van der Waals surface area contributed by atoms with Gasteiger partial charge in [-0.1, -0.05) is 25.7 Å². The average molecular weight is 282 g/mol. The van der Waals surface area contributed by atoms with Crippen LogP contribution in [0.3, 0.4) is 0 Å². The van der Waals surface area contributed by atoms with Crippen LogP contribution in [0.2, 0.25) is 0 Å². The van der Waals surface area contributed by atoms with Gasteiger partial charge in [-0.15, -0.1) is 0 Å². The fraction of sp³-hybridized carbons (Fsp3) is 0.867. The minimum Gasteiger partial charge on any atom is -0.481 e. The second-order valence-corrected chi connectivity index (χ2v) is 6.27. The number of carbonyl (C=O) groups is 2. The number of rotatable bonds is 5. The molecule has 1 atom stereocenters. The van der Waals surface area contributed by atoms with Crippen LogP contribution in [0.15, 0.2) is 0 Å². The van der Waals surface area contributed by atoms with Crippen molar-refractivity contribution in [3.8, 4) is 0 Å². The van der Waals surface area contributed by atoms with E-state index < -0.39 is 11.4 Å². The summed E-state index contributed by atoms with van der Waals surface area (Å²) in [5.74, 6) is -0.770. The Labute approximate surface area is 120 Å². The number of carboxylic acids is 1. The lowest BCUT2D eigenvalue weighted by atomic mass is 9.80. The summed E-state index contributed by atoms with van der Waals surface area (Å²) in [6, 6.07) is 0.268. The minimum atomic E-state index is -0.751. The van der Waals surface area contributed by atoms with Gasteiger partial charge in [0.25, 0.3) is 0 Å². The van der Waals surface area contributed by atoms with E-state index in [9.17, 15) is 14.7 Å². The highest BCUT2D eigenvalue weighted by molar-refractivity contribution is 5.79. The lowest BCUT2D eigenvalue weighted by Gasteiger charge is -2.28. The molecular formula is C15H26N2O3. The summed E-state index contributed by atoms with van der Waals surface area (Å²) in [4.78, 5) is 23.6. The molecule has 3 N–H and O–H groups in total. The molecule has 0 radical (unpaired) electrons. The van der Waals surface area contributed by atoms with E-state index in [0.717, 1.165) is 45.1 Å². The zero-order chi connectivity index (χ0) is 14.4. The molecule has 2 fully saturated rings. The van der Waals surface area contributed by atoms with E-state index in [1.54, 1.807) is 0 Å². The highest BCUT2D eigenvalue weighted by Crippen LogP contribution is 2.34. The van der Waals surface area contributed by atoms with Crippen LogP contribution in [-0.4, -0.2) is 36.1 Å². The Kier molecular flexibility index (Phi) is 5.40. The van der Waals surface area contributed by atoms with E-state index >= 15 is 0 Å². The van der Waals surface area contributed by atoms with Crippen LogP contribution in [-0.2, 0) is 9.59 Å². The molecule has 0 spiro atoms. The Morgan fingerprint density at radius 2 is 1.85 bits per heavy atom. The number of amides is 1. The maximum atomic E-state index is 11.9. The third kappa shape index (κ3) is 3.95. The highest BCUT2D eigenvalue weighted by Gasteiger charge is 2.38. The number of aliphatic carboxylic acids is 1. The maximum Gasteiger partial charge on any atom is 0.311 e. The Hall–Kier alpha value is -1.10. The van der Waals surface area contributed by atoms with Crippen LogP contribution in [0.25, 0.3) is 0 Å². The number of carbonyl (C=O) groups excluding carboxylic acids is 1. The van der Waals surface area contributed by atoms with Gasteiger partial charge in [0.05, 0.1) is 5.41 Å². The molecule has 0 bridgehead atoms. The molecule has 2 rings (SSSR count). The normalized spacial score (nSPS) is 25.9. The molecule has 114 valence electrons. The van der Waals surface area contributed by atoms with Gasteiger partial charge >= 0.3 is 5.97 Å². The molecule has 1 aliphatic carbocycles. The van der Waals surface area contributed by atoms with E-state index in [1.807, 2.05) is 0 Å². The van der Waals surface area contributed by atoms with Crippen molar-refractivity contribution in [3.05, 3.63) is 0 Å². The van der Waals surface area contributed by atoms with Crippen molar-refractivity contribution >= 4 is 11.9 Å². The molecule has 1 aliphatic heterocycles. The predicted octanol–water partition coefficient (Wildman–Crippen LogP) is 1.67. The largest absolute Gasteiger partial charge is 0.481 e. The smallest absolute Gasteiger partial charge is 0.311 e. The van der Waals surface area contributed by atoms with E-state index in [4.69, 9.17) is 0 Å². The number of nitrogens with one attached hydrogen (secondary N) is 2. The first kappa shape index (κ1) is 15.3.